The van der Waals surface area contributed by atoms with Gasteiger partial charge in [-0.05, 0) is 37.0 Å². The molecule has 4 atom stereocenters. The third kappa shape index (κ3) is 4.65. The quantitative estimate of drug-likeness (QED) is 0.505. The SMILES string of the molecule is O=C(CCCc1nnc2n1C1CCCCC1C1NC(c3ccccc3)NN21)N1CCN(c2ccccn2)CC1. The van der Waals surface area contributed by atoms with Crippen LogP contribution in [0.3, 0.4) is 0 Å². The van der Waals surface area contributed by atoms with Gasteiger partial charge in [-0.1, -0.05) is 49.2 Å². The van der Waals surface area contributed by atoms with Gasteiger partial charge in [-0.2, -0.15) is 0 Å². The number of benzene rings is 1. The van der Waals surface area contributed by atoms with Crippen LogP contribution in [0.4, 0.5) is 11.8 Å². The number of hydrogen-bond donors (Lipinski definition) is 2. The van der Waals surface area contributed by atoms with Gasteiger partial charge in [0.2, 0.25) is 11.9 Å². The summed E-state index contributed by atoms with van der Waals surface area (Å²) in [5.74, 6) is 3.64. The largest absolute Gasteiger partial charge is 0.353 e. The third-order valence-electron chi connectivity index (χ3n) is 8.90. The Hall–Kier alpha value is -3.50. The van der Waals surface area contributed by atoms with Crippen molar-refractivity contribution in [2.75, 3.05) is 36.1 Å². The molecule has 1 amide bonds. The van der Waals surface area contributed by atoms with Crippen LogP contribution in [0.5, 0.6) is 0 Å². The number of fused-ring (bicyclic) bond motifs is 6. The number of amides is 1. The number of carbonyl (C=O) groups is 1. The topological polar surface area (TPSA) is 94.4 Å². The van der Waals surface area contributed by atoms with E-state index in [-0.39, 0.29) is 18.2 Å². The van der Waals surface area contributed by atoms with Crippen LogP contribution in [0.1, 0.15) is 62.1 Å². The molecule has 3 aromatic rings. The van der Waals surface area contributed by atoms with Crippen LogP contribution in [0.25, 0.3) is 0 Å². The molecule has 1 aliphatic carbocycles. The Bertz CT molecular complexity index is 1270. The second kappa shape index (κ2) is 10.6. The average molecular weight is 528 g/mol. The van der Waals surface area contributed by atoms with Crippen LogP contribution in [0.15, 0.2) is 54.7 Å². The highest BCUT2D eigenvalue weighted by molar-refractivity contribution is 5.76. The Morgan fingerprint density at radius 1 is 0.949 bits per heavy atom. The zero-order valence-corrected chi connectivity index (χ0v) is 22.3. The van der Waals surface area contributed by atoms with Crippen LogP contribution >= 0.6 is 0 Å². The van der Waals surface area contributed by atoms with E-state index in [1.807, 2.05) is 29.3 Å². The van der Waals surface area contributed by atoms with E-state index in [4.69, 9.17) is 0 Å². The molecule has 10 heteroatoms. The van der Waals surface area contributed by atoms with E-state index in [0.717, 1.165) is 63.0 Å². The van der Waals surface area contributed by atoms with Crippen molar-refractivity contribution >= 4 is 17.7 Å². The molecule has 204 valence electrons. The van der Waals surface area contributed by atoms with Gasteiger partial charge < -0.3 is 9.80 Å². The molecule has 0 spiro atoms. The summed E-state index contributed by atoms with van der Waals surface area (Å²) in [6.45, 7) is 3.14. The van der Waals surface area contributed by atoms with Gasteiger partial charge >= 0.3 is 0 Å². The molecule has 1 aromatic carbocycles. The Morgan fingerprint density at radius 2 is 1.77 bits per heavy atom. The van der Waals surface area contributed by atoms with E-state index >= 15 is 0 Å². The number of hydrogen-bond acceptors (Lipinski definition) is 8. The molecule has 2 N–H and O–H groups in total. The number of piperazine rings is 1. The van der Waals surface area contributed by atoms with Gasteiger partial charge in [0.15, 0.2) is 0 Å². The predicted octanol–water partition coefficient (Wildman–Crippen LogP) is 3.03. The number of rotatable bonds is 6. The van der Waals surface area contributed by atoms with Gasteiger partial charge in [-0.3, -0.25) is 19.7 Å². The van der Waals surface area contributed by atoms with Crippen LogP contribution < -0.4 is 20.7 Å². The average Bonchev–Trinajstić information content (AvgIpc) is 3.64. The maximum Gasteiger partial charge on any atom is 0.243 e. The molecule has 0 radical (unpaired) electrons. The minimum Gasteiger partial charge on any atom is -0.353 e. The summed E-state index contributed by atoms with van der Waals surface area (Å²) in [4.78, 5) is 21.7. The monoisotopic (exact) mass is 527 g/mol. The van der Waals surface area contributed by atoms with E-state index in [1.165, 1.54) is 24.8 Å². The highest BCUT2D eigenvalue weighted by Crippen LogP contribution is 2.45. The molecule has 2 aromatic heterocycles. The first-order valence-electron chi connectivity index (χ1n) is 14.5. The maximum atomic E-state index is 13.0. The normalized spacial score (nSPS) is 26.2. The van der Waals surface area contributed by atoms with Gasteiger partial charge in [0.05, 0.1) is 0 Å². The second-order valence-electron chi connectivity index (χ2n) is 11.2. The predicted molar refractivity (Wildman–Crippen MR) is 149 cm³/mol. The van der Waals surface area contributed by atoms with Gasteiger partial charge in [-0.15, -0.1) is 10.2 Å². The maximum absolute atomic E-state index is 13.0. The molecule has 39 heavy (non-hydrogen) atoms. The number of nitrogens with zero attached hydrogens (tertiary/aromatic N) is 7. The second-order valence-corrected chi connectivity index (χ2v) is 11.2. The van der Waals surface area contributed by atoms with Gasteiger partial charge in [0.1, 0.15) is 24.0 Å². The standard InChI is InChI=1S/C29H37N9O/c39-26(36-19-17-35(18-20-36)24-13-6-7-16-30-24)15-8-14-25-32-33-29-37(25)23-12-5-4-11-22(23)28-31-27(34-38(28)29)21-9-2-1-3-10-21/h1-3,6-7,9-10,13,16,22-23,27-28,31,34H,4-5,8,11-12,14-15,17-20H2. The van der Waals surface area contributed by atoms with Crippen molar-refractivity contribution in [2.24, 2.45) is 5.92 Å². The molecule has 0 bridgehead atoms. The molecule has 4 unspecified atom stereocenters. The first-order chi connectivity index (χ1) is 19.3. The number of nitrogens with one attached hydrogen (secondary N) is 2. The van der Waals surface area contributed by atoms with Gasteiger partial charge in [0.25, 0.3) is 0 Å². The molecular weight excluding hydrogens is 490 g/mol. The zero-order chi connectivity index (χ0) is 26.2. The van der Waals surface area contributed by atoms with Crippen LogP contribution in [0.2, 0.25) is 0 Å². The molecule has 7 rings (SSSR count). The van der Waals surface area contributed by atoms with Crippen molar-refractivity contribution in [3.8, 4) is 0 Å². The molecule has 1 saturated carbocycles. The van der Waals surface area contributed by atoms with Crippen molar-refractivity contribution in [1.29, 1.82) is 0 Å². The Kier molecular flexibility index (Phi) is 6.65. The summed E-state index contributed by atoms with van der Waals surface area (Å²) in [7, 11) is 0. The molecule has 2 saturated heterocycles. The third-order valence-corrected chi connectivity index (χ3v) is 8.90. The van der Waals surface area contributed by atoms with Crippen molar-refractivity contribution in [2.45, 2.75) is 63.3 Å². The molecular formula is C29H37N9O. The minimum atomic E-state index is 0.0567. The smallest absolute Gasteiger partial charge is 0.243 e. The number of hydrazine groups is 1. The lowest BCUT2D eigenvalue weighted by Gasteiger charge is -2.44. The van der Waals surface area contributed by atoms with E-state index in [1.54, 1.807) is 0 Å². The number of aromatic nitrogens is 4. The highest BCUT2D eigenvalue weighted by atomic mass is 16.2. The summed E-state index contributed by atoms with van der Waals surface area (Å²) in [6, 6.07) is 16.9. The number of aryl methyl sites for hydroxylation is 1. The first-order valence-corrected chi connectivity index (χ1v) is 14.5. The number of anilines is 2. The molecule has 5 heterocycles. The fraction of sp³-hybridized carbons (Fsp3) is 0.517. The zero-order valence-electron chi connectivity index (χ0n) is 22.3. The highest BCUT2D eigenvalue weighted by Gasteiger charge is 2.48. The van der Waals surface area contributed by atoms with Gasteiger partial charge in [0, 0.05) is 57.2 Å². The Morgan fingerprint density at radius 3 is 2.59 bits per heavy atom. The van der Waals surface area contributed by atoms with E-state index in [9.17, 15) is 4.79 Å². The van der Waals surface area contributed by atoms with Gasteiger partial charge in [-0.25, -0.2) is 10.4 Å². The lowest BCUT2D eigenvalue weighted by atomic mass is 9.81. The van der Waals surface area contributed by atoms with Crippen molar-refractivity contribution in [1.82, 2.24) is 35.4 Å². The lowest BCUT2D eigenvalue weighted by molar-refractivity contribution is -0.131. The summed E-state index contributed by atoms with van der Waals surface area (Å²) in [6.07, 6.45) is 9.04. The van der Waals surface area contributed by atoms with Crippen LogP contribution in [-0.4, -0.2) is 62.9 Å². The van der Waals surface area contributed by atoms with E-state index in [0.29, 0.717) is 18.4 Å². The van der Waals surface area contributed by atoms with Crippen molar-refractivity contribution in [3.63, 3.8) is 0 Å². The fourth-order valence-electron chi connectivity index (χ4n) is 6.91. The molecule has 3 fully saturated rings. The number of pyridine rings is 1. The summed E-state index contributed by atoms with van der Waals surface area (Å²) < 4.78 is 2.39. The lowest BCUT2D eigenvalue weighted by Crippen LogP contribution is -2.53. The number of carbonyl (C=O) groups excluding carboxylic acids is 1. The fourth-order valence-corrected chi connectivity index (χ4v) is 6.91. The van der Waals surface area contributed by atoms with E-state index in [2.05, 4.69) is 70.7 Å². The molecule has 4 aliphatic rings. The Balaban J connectivity index is 1.00. The molecule has 10 nitrogen and oxygen atoms in total. The summed E-state index contributed by atoms with van der Waals surface area (Å²) in [5.41, 5.74) is 4.90. The minimum absolute atomic E-state index is 0.0567. The first kappa shape index (κ1) is 24.5. The molecule has 3 aliphatic heterocycles. The Labute approximate surface area is 229 Å². The summed E-state index contributed by atoms with van der Waals surface area (Å²) in [5, 5.41) is 15.4. The van der Waals surface area contributed by atoms with Crippen LogP contribution in [0, 0.1) is 5.92 Å². The van der Waals surface area contributed by atoms with Crippen molar-refractivity contribution in [3.05, 3.63) is 66.1 Å². The van der Waals surface area contributed by atoms with Crippen molar-refractivity contribution < 1.29 is 4.79 Å². The summed E-state index contributed by atoms with van der Waals surface area (Å²) >= 11 is 0. The van der Waals surface area contributed by atoms with E-state index < -0.39 is 0 Å². The van der Waals surface area contributed by atoms with Crippen LogP contribution in [-0.2, 0) is 11.2 Å².